The number of piperidine rings is 1. The Bertz CT molecular complexity index is 496. The van der Waals surface area contributed by atoms with E-state index in [4.69, 9.17) is 11.6 Å². The number of aliphatic hydroxyl groups excluding tert-OH is 1. The molecule has 0 aliphatic carbocycles. The number of aromatic nitrogens is 2. The first-order valence-corrected chi connectivity index (χ1v) is 7.23. The van der Waals surface area contributed by atoms with Gasteiger partial charge in [-0.05, 0) is 38.8 Å². The Morgan fingerprint density at radius 3 is 2.38 bits per heavy atom. The SMILES string of the molecule is Cc1nn(C)c(Cl)c1CN1CCC(C(O)C(F)(F)F)CC1. The molecule has 1 saturated heterocycles. The van der Waals surface area contributed by atoms with E-state index in [0.29, 0.717) is 37.6 Å². The summed E-state index contributed by atoms with van der Waals surface area (Å²) in [4.78, 5) is 2.05. The number of halogens is 4. The average Bonchev–Trinajstić information content (AvgIpc) is 2.64. The average molecular weight is 326 g/mol. The number of likely N-dealkylation sites (tertiary alicyclic amines) is 1. The minimum absolute atomic E-state index is 0.331. The van der Waals surface area contributed by atoms with Gasteiger partial charge in [0.25, 0.3) is 0 Å². The summed E-state index contributed by atoms with van der Waals surface area (Å²) in [6.45, 7) is 3.47. The quantitative estimate of drug-likeness (QED) is 0.928. The highest BCUT2D eigenvalue weighted by molar-refractivity contribution is 6.30. The van der Waals surface area contributed by atoms with Crippen molar-refractivity contribution in [3.63, 3.8) is 0 Å². The second-order valence-corrected chi connectivity index (χ2v) is 5.94. The first-order valence-electron chi connectivity index (χ1n) is 6.85. The molecule has 0 radical (unpaired) electrons. The van der Waals surface area contributed by atoms with Gasteiger partial charge in [0.15, 0.2) is 6.10 Å². The Kier molecular flexibility index (Phi) is 4.85. The van der Waals surface area contributed by atoms with Crippen LogP contribution in [-0.2, 0) is 13.6 Å². The van der Waals surface area contributed by atoms with Crippen LogP contribution >= 0.6 is 11.6 Å². The number of hydrogen-bond donors (Lipinski definition) is 1. The zero-order valence-corrected chi connectivity index (χ0v) is 12.7. The predicted molar refractivity (Wildman–Crippen MR) is 73.0 cm³/mol. The fourth-order valence-electron chi connectivity index (χ4n) is 2.77. The van der Waals surface area contributed by atoms with Gasteiger partial charge in [-0.1, -0.05) is 11.6 Å². The Balaban J connectivity index is 1.93. The molecule has 0 spiro atoms. The lowest BCUT2D eigenvalue weighted by Gasteiger charge is -2.34. The van der Waals surface area contributed by atoms with Crippen LogP contribution in [0.1, 0.15) is 24.1 Å². The number of nitrogens with zero attached hydrogens (tertiary/aromatic N) is 3. The maximum absolute atomic E-state index is 12.5. The largest absolute Gasteiger partial charge is 0.414 e. The molecule has 1 atom stereocenters. The second-order valence-electron chi connectivity index (χ2n) is 5.58. The van der Waals surface area contributed by atoms with Crippen LogP contribution in [0.2, 0.25) is 5.15 Å². The molecule has 8 heteroatoms. The van der Waals surface area contributed by atoms with Crippen molar-refractivity contribution < 1.29 is 18.3 Å². The van der Waals surface area contributed by atoms with Gasteiger partial charge in [0.05, 0.1) is 5.69 Å². The van der Waals surface area contributed by atoms with Crippen molar-refractivity contribution in [3.8, 4) is 0 Å². The van der Waals surface area contributed by atoms with Crippen molar-refractivity contribution in [3.05, 3.63) is 16.4 Å². The van der Waals surface area contributed by atoms with Crippen molar-refractivity contribution in [2.24, 2.45) is 13.0 Å². The molecule has 1 aliphatic rings. The highest BCUT2D eigenvalue weighted by Gasteiger charge is 2.44. The van der Waals surface area contributed by atoms with E-state index in [2.05, 4.69) is 10.00 Å². The van der Waals surface area contributed by atoms with E-state index >= 15 is 0 Å². The molecule has 2 heterocycles. The van der Waals surface area contributed by atoms with Gasteiger partial charge >= 0.3 is 6.18 Å². The van der Waals surface area contributed by atoms with Gasteiger partial charge in [0.2, 0.25) is 0 Å². The normalized spacial score (nSPS) is 20.0. The van der Waals surface area contributed by atoms with Gasteiger partial charge < -0.3 is 5.11 Å². The van der Waals surface area contributed by atoms with Crippen LogP contribution in [0.3, 0.4) is 0 Å². The second kappa shape index (κ2) is 6.14. The number of aryl methyl sites for hydroxylation is 2. The molecule has 1 aromatic rings. The van der Waals surface area contributed by atoms with E-state index in [-0.39, 0.29) is 0 Å². The van der Waals surface area contributed by atoms with E-state index in [1.54, 1.807) is 11.7 Å². The van der Waals surface area contributed by atoms with Gasteiger partial charge in [-0.15, -0.1) is 0 Å². The molecule has 120 valence electrons. The number of aliphatic hydroxyl groups is 1. The number of hydrogen-bond acceptors (Lipinski definition) is 3. The lowest BCUT2D eigenvalue weighted by molar-refractivity contribution is -0.223. The lowest BCUT2D eigenvalue weighted by atomic mass is 9.90. The molecule has 0 amide bonds. The molecule has 21 heavy (non-hydrogen) atoms. The molecule has 1 unspecified atom stereocenters. The third-order valence-corrected chi connectivity index (χ3v) is 4.54. The van der Waals surface area contributed by atoms with Crippen molar-refractivity contribution in [2.75, 3.05) is 13.1 Å². The summed E-state index contributed by atoms with van der Waals surface area (Å²) in [5, 5.41) is 14.1. The van der Waals surface area contributed by atoms with Crippen LogP contribution in [0.15, 0.2) is 0 Å². The zero-order chi connectivity index (χ0) is 15.8. The fourth-order valence-corrected chi connectivity index (χ4v) is 3.01. The molecule has 1 aromatic heterocycles. The molecule has 0 bridgehead atoms. The predicted octanol–water partition coefficient (Wildman–Crippen LogP) is 2.52. The van der Waals surface area contributed by atoms with Crippen LogP contribution in [0.4, 0.5) is 13.2 Å². The van der Waals surface area contributed by atoms with Crippen molar-refractivity contribution in [2.45, 2.75) is 38.6 Å². The molecule has 0 saturated carbocycles. The highest BCUT2D eigenvalue weighted by atomic mass is 35.5. The topological polar surface area (TPSA) is 41.3 Å². The van der Waals surface area contributed by atoms with Crippen molar-refractivity contribution in [1.82, 2.24) is 14.7 Å². The molecule has 1 fully saturated rings. The van der Waals surface area contributed by atoms with E-state index in [1.165, 1.54) is 0 Å². The van der Waals surface area contributed by atoms with E-state index in [1.807, 2.05) is 6.92 Å². The van der Waals surface area contributed by atoms with Crippen LogP contribution in [0.25, 0.3) is 0 Å². The van der Waals surface area contributed by atoms with Crippen LogP contribution < -0.4 is 0 Å². The molecular formula is C13H19ClF3N3O. The number of rotatable bonds is 3. The van der Waals surface area contributed by atoms with E-state index in [0.717, 1.165) is 11.3 Å². The van der Waals surface area contributed by atoms with Gasteiger partial charge in [-0.25, -0.2) is 0 Å². The minimum atomic E-state index is -4.53. The third-order valence-electron chi connectivity index (χ3n) is 4.07. The summed E-state index contributed by atoms with van der Waals surface area (Å²) >= 11 is 6.16. The van der Waals surface area contributed by atoms with Crippen molar-refractivity contribution >= 4 is 11.6 Å². The summed E-state index contributed by atoms with van der Waals surface area (Å²) in [6, 6.07) is 0. The lowest BCUT2D eigenvalue weighted by Crippen LogP contribution is -2.43. The smallest absolute Gasteiger partial charge is 0.383 e. The van der Waals surface area contributed by atoms with Gasteiger partial charge in [-0.2, -0.15) is 18.3 Å². The van der Waals surface area contributed by atoms with Gasteiger partial charge in [0.1, 0.15) is 5.15 Å². The summed E-state index contributed by atoms with van der Waals surface area (Å²) < 4.78 is 39.1. The minimum Gasteiger partial charge on any atom is -0.383 e. The van der Waals surface area contributed by atoms with E-state index < -0.39 is 18.2 Å². The molecule has 1 N–H and O–H groups in total. The van der Waals surface area contributed by atoms with Gasteiger partial charge in [0, 0.05) is 19.2 Å². The Labute approximate surface area is 126 Å². The Hall–Kier alpha value is -0.790. The maximum atomic E-state index is 12.5. The van der Waals surface area contributed by atoms with Crippen molar-refractivity contribution in [1.29, 1.82) is 0 Å². The number of alkyl halides is 3. The Morgan fingerprint density at radius 2 is 1.95 bits per heavy atom. The highest BCUT2D eigenvalue weighted by Crippen LogP contribution is 2.32. The van der Waals surface area contributed by atoms with E-state index in [9.17, 15) is 18.3 Å². The first-order chi connectivity index (χ1) is 9.70. The van der Waals surface area contributed by atoms with Crippen LogP contribution in [-0.4, -0.2) is 45.2 Å². The summed E-state index contributed by atoms with van der Waals surface area (Å²) in [5.41, 5.74) is 1.74. The molecular weight excluding hydrogens is 307 g/mol. The molecule has 2 rings (SSSR count). The standard InChI is InChI=1S/C13H19ClF3N3O/c1-8-10(12(14)19(2)18-8)7-20-5-3-9(4-6-20)11(21)13(15,16)17/h9,11,21H,3-7H2,1-2H3. The summed E-state index contributed by atoms with van der Waals surface area (Å²) in [7, 11) is 1.75. The summed E-state index contributed by atoms with van der Waals surface area (Å²) in [6.07, 6.45) is -6.09. The zero-order valence-electron chi connectivity index (χ0n) is 12.0. The third kappa shape index (κ3) is 3.70. The molecule has 0 aromatic carbocycles. The first kappa shape index (κ1) is 16.6. The monoisotopic (exact) mass is 325 g/mol. The summed E-state index contributed by atoms with van der Waals surface area (Å²) in [5.74, 6) is -0.716. The molecule has 4 nitrogen and oxygen atoms in total. The van der Waals surface area contributed by atoms with Crippen LogP contribution in [0, 0.1) is 12.8 Å². The fraction of sp³-hybridized carbons (Fsp3) is 0.769. The maximum Gasteiger partial charge on any atom is 0.414 e. The Morgan fingerprint density at radius 1 is 1.38 bits per heavy atom. The van der Waals surface area contributed by atoms with Crippen LogP contribution in [0.5, 0.6) is 0 Å². The van der Waals surface area contributed by atoms with Gasteiger partial charge in [-0.3, -0.25) is 9.58 Å². The molecule has 1 aliphatic heterocycles.